The summed E-state index contributed by atoms with van der Waals surface area (Å²) < 4.78 is 8.88. The maximum Gasteiger partial charge on any atom is -0.0512 e. The first-order valence-corrected chi connectivity index (χ1v) is 17.5. The molecule has 0 fully saturated rings. The molecule has 10 rings (SSSR count). The van der Waals surface area contributed by atoms with Crippen LogP contribution >= 0.6 is 0 Å². The molecule has 0 atom stereocenters. The molecule has 0 unspecified atom stereocenters. The second-order valence-electron chi connectivity index (χ2n) is 11.9. The zero-order valence-corrected chi connectivity index (χ0v) is 27.2. The molecule has 0 aliphatic carbocycles. The third kappa shape index (κ3) is 4.46. The summed E-state index contributed by atoms with van der Waals surface area (Å²) in [6.45, 7) is 0. The number of rotatable bonds is 4. The minimum atomic E-state index is 0.133. The molecule has 6 heteroatoms. The Balaban J connectivity index is 1.12. The van der Waals surface area contributed by atoms with E-state index in [1.807, 2.05) is 91.0 Å². The van der Waals surface area contributed by atoms with Crippen LogP contribution < -0.4 is 0 Å². The molecule has 0 spiro atoms. The van der Waals surface area contributed by atoms with Gasteiger partial charge in [0.1, 0.15) is 0 Å². The van der Waals surface area contributed by atoms with Crippen molar-refractivity contribution in [2.75, 3.05) is 0 Å². The second kappa shape index (κ2) is 10.8. The standard InChI is InChI=1S/C42H24N4OSe/c1-4-10-25(11-5-1)39-44-40(26-12-6-2-7-13-26)46-41(45-39)30-18-19-31-28(22-30)16-17-29-23-36-34(24-33(29)31)32-20-21-35-37(38(32)48-36)43-42(47-35)27-14-8-3-9-15-27/h1-24H. The fourth-order valence-electron chi connectivity index (χ4n) is 6.56. The molecule has 0 bridgehead atoms. The van der Waals surface area contributed by atoms with Crippen LogP contribution in [0.4, 0.5) is 0 Å². The summed E-state index contributed by atoms with van der Waals surface area (Å²) in [7, 11) is 0. The van der Waals surface area contributed by atoms with Gasteiger partial charge in [0, 0.05) is 0 Å². The van der Waals surface area contributed by atoms with Gasteiger partial charge >= 0.3 is 221 Å². The van der Waals surface area contributed by atoms with Crippen LogP contribution in [-0.4, -0.2) is 34.4 Å². The van der Waals surface area contributed by atoms with Gasteiger partial charge in [-0.05, 0) is 0 Å². The molecule has 3 aromatic heterocycles. The van der Waals surface area contributed by atoms with E-state index in [1.54, 1.807) is 0 Å². The maximum atomic E-state index is 6.21. The van der Waals surface area contributed by atoms with Crippen LogP contribution in [0.25, 0.3) is 97.6 Å². The van der Waals surface area contributed by atoms with Crippen molar-refractivity contribution < 1.29 is 4.42 Å². The van der Waals surface area contributed by atoms with Crippen LogP contribution in [-0.2, 0) is 0 Å². The molecule has 0 radical (unpaired) electrons. The first-order chi connectivity index (χ1) is 23.7. The topological polar surface area (TPSA) is 64.7 Å². The third-order valence-electron chi connectivity index (χ3n) is 8.93. The number of fused-ring (bicyclic) bond motifs is 8. The summed E-state index contributed by atoms with van der Waals surface area (Å²) in [4.78, 5) is 19.7. The van der Waals surface area contributed by atoms with E-state index in [2.05, 4.69) is 54.6 Å². The van der Waals surface area contributed by atoms with Crippen LogP contribution in [0.1, 0.15) is 0 Å². The Morgan fingerprint density at radius 2 is 1.00 bits per heavy atom. The minimum Gasteiger partial charge on any atom is -0.0615 e. The molecule has 0 N–H and O–H groups in total. The van der Waals surface area contributed by atoms with Gasteiger partial charge in [0.2, 0.25) is 0 Å². The van der Waals surface area contributed by atoms with Crippen molar-refractivity contribution in [3.8, 4) is 45.6 Å². The van der Waals surface area contributed by atoms with E-state index in [0.717, 1.165) is 38.7 Å². The summed E-state index contributed by atoms with van der Waals surface area (Å²) in [6.07, 6.45) is 0. The van der Waals surface area contributed by atoms with E-state index in [4.69, 9.17) is 24.4 Å². The fraction of sp³-hybridized carbons (Fsp3) is 0. The van der Waals surface area contributed by atoms with Gasteiger partial charge < -0.3 is 0 Å². The van der Waals surface area contributed by atoms with E-state index in [0.29, 0.717) is 23.4 Å². The fourth-order valence-corrected chi connectivity index (χ4v) is 9.11. The van der Waals surface area contributed by atoms with Gasteiger partial charge in [0.05, 0.1) is 0 Å². The summed E-state index contributed by atoms with van der Waals surface area (Å²) in [5.41, 5.74) is 5.68. The van der Waals surface area contributed by atoms with Gasteiger partial charge in [-0.25, -0.2) is 0 Å². The van der Waals surface area contributed by atoms with Crippen LogP contribution in [0.15, 0.2) is 150 Å². The molecule has 7 aromatic carbocycles. The molecule has 10 aromatic rings. The zero-order chi connectivity index (χ0) is 31.6. The molecule has 0 aliphatic rings. The molecule has 48 heavy (non-hydrogen) atoms. The Kier molecular flexibility index (Phi) is 6.13. The van der Waals surface area contributed by atoms with Gasteiger partial charge in [-0.2, -0.15) is 0 Å². The molecule has 0 saturated carbocycles. The summed E-state index contributed by atoms with van der Waals surface area (Å²) in [5, 5.41) is 7.37. The van der Waals surface area contributed by atoms with Crippen LogP contribution in [0.5, 0.6) is 0 Å². The van der Waals surface area contributed by atoms with Crippen molar-refractivity contribution in [2.45, 2.75) is 0 Å². The summed E-state index contributed by atoms with van der Waals surface area (Å²) in [6, 6.07) is 50.3. The molecule has 5 nitrogen and oxygen atoms in total. The van der Waals surface area contributed by atoms with Crippen molar-refractivity contribution >= 4 is 66.4 Å². The normalized spacial score (nSPS) is 11.8. The Hall–Kier alpha value is -5.94. The van der Waals surface area contributed by atoms with Crippen LogP contribution in [0, 0.1) is 0 Å². The summed E-state index contributed by atoms with van der Waals surface area (Å²) in [5.74, 6) is 2.64. The number of nitrogens with zero attached hydrogens (tertiary/aromatic N) is 4. The first-order valence-electron chi connectivity index (χ1n) is 15.8. The van der Waals surface area contributed by atoms with E-state index >= 15 is 0 Å². The van der Waals surface area contributed by atoms with E-state index in [1.165, 1.54) is 35.5 Å². The van der Waals surface area contributed by atoms with E-state index in [9.17, 15) is 0 Å². The third-order valence-corrected chi connectivity index (χ3v) is 11.4. The van der Waals surface area contributed by atoms with E-state index in [-0.39, 0.29) is 14.5 Å². The second-order valence-corrected chi connectivity index (χ2v) is 14.1. The monoisotopic (exact) mass is 680 g/mol. The average molecular weight is 680 g/mol. The van der Waals surface area contributed by atoms with Crippen molar-refractivity contribution in [2.24, 2.45) is 0 Å². The molecule has 224 valence electrons. The molecule has 0 amide bonds. The van der Waals surface area contributed by atoms with E-state index < -0.39 is 0 Å². The molecule has 3 heterocycles. The Morgan fingerprint density at radius 1 is 0.417 bits per heavy atom. The van der Waals surface area contributed by atoms with Crippen molar-refractivity contribution in [3.05, 3.63) is 146 Å². The average Bonchev–Trinajstić information content (AvgIpc) is 3.76. The Labute approximate surface area is 280 Å². The number of oxazole rings is 1. The van der Waals surface area contributed by atoms with Gasteiger partial charge in [0.25, 0.3) is 0 Å². The predicted molar refractivity (Wildman–Crippen MR) is 196 cm³/mol. The van der Waals surface area contributed by atoms with Crippen LogP contribution in [0.3, 0.4) is 0 Å². The van der Waals surface area contributed by atoms with Crippen molar-refractivity contribution in [1.82, 2.24) is 19.9 Å². The predicted octanol–water partition coefficient (Wildman–Crippen LogP) is 10.4. The smallest absolute Gasteiger partial charge is 0.0512 e. The largest absolute Gasteiger partial charge is 0.0615 e. The van der Waals surface area contributed by atoms with Gasteiger partial charge in [-0.1, -0.05) is 60.7 Å². The Bertz CT molecular complexity index is 2770. The SMILES string of the molecule is c1ccc(-c2nc(-c3ccccc3)nc(-c3ccc4c(ccc5cc6[se]c7c(ccc8oc(-c9ccccc9)nc87)c6cc54)c3)n2)cc1. The minimum absolute atomic E-state index is 0.133. The summed E-state index contributed by atoms with van der Waals surface area (Å²) >= 11 is 0.133. The molecular formula is C42H24N4OSe. The zero-order valence-electron chi connectivity index (χ0n) is 25.5. The number of benzene rings is 7. The van der Waals surface area contributed by atoms with Crippen LogP contribution in [0.2, 0.25) is 0 Å². The van der Waals surface area contributed by atoms with Gasteiger partial charge in [0.15, 0.2) is 0 Å². The van der Waals surface area contributed by atoms with Crippen molar-refractivity contribution in [1.29, 1.82) is 0 Å². The van der Waals surface area contributed by atoms with Gasteiger partial charge in [-0.15, -0.1) is 0 Å². The Morgan fingerprint density at radius 3 is 1.67 bits per heavy atom. The van der Waals surface area contributed by atoms with Crippen molar-refractivity contribution in [3.63, 3.8) is 0 Å². The molecular weight excluding hydrogens is 655 g/mol. The molecule has 0 saturated heterocycles. The van der Waals surface area contributed by atoms with Gasteiger partial charge in [-0.3, -0.25) is 0 Å². The first kappa shape index (κ1) is 27.2. The quantitative estimate of drug-likeness (QED) is 0.137. The number of hydrogen-bond acceptors (Lipinski definition) is 5. The number of aromatic nitrogens is 4. The number of hydrogen-bond donors (Lipinski definition) is 0. The maximum absolute atomic E-state index is 6.21. The molecule has 0 aliphatic heterocycles.